The zero-order chi connectivity index (χ0) is 17.1. The second-order valence-corrected chi connectivity index (χ2v) is 6.22. The third-order valence-electron chi connectivity index (χ3n) is 3.56. The van der Waals surface area contributed by atoms with Crippen LogP contribution < -0.4 is 10.1 Å². The third-order valence-corrected chi connectivity index (χ3v) is 4.45. The summed E-state index contributed by atoms with van der Waals surface area (Å²) >= 11 is 1.44. The van der Waals surface area contributed by atoms with E-state index in [0.717, 1.165) is 33.3 Å². The molecule has 122 valence electrons. The molecule has 2 heterocycles. The lowest BCUT2D eigenvalue weighted by Gasteiger charge is -2.07. The highest BCUT2D eigenvalue weighted by Gasteiger charge is 2.13. The van der Waals surface area contributed by atoms with E-state index < -0.39 is 0 Å². The Morgan fingerprint density at radius 2 is 1.96 bits per heavy atom. The molecule has 0 aliphatic rings. The fourth-order valence-corrected chi connectivity index (χ4v) is 3.00. The van der Waals surface area contributed by atoms with E-state index in [4.69, 9.17) is 4.74 Å². The quantitative estimate of drug-likeness (QED) is 0.778. The second-order valence-electron chi connectivity index (χ2n) is 5.36. The van der Waals surface area contributed by atoms with E-state index in [1.807, 2.05) is 44.2 Å². The van der Waals surface area contributed by atoms with Gasteiger partial charge in [0, 0.05) is 28.5 Å². The number of pyridine rings is 1. The molecule has 3 aromatic rings. The molecule has 0 spiro atoms. The molecule has 0 saturated heterocycles. The standard InChI is InChI=1S/C18H17N3O2S/c1-11-9-19-12(2)8-15(11)20-17(22)16-10-24-18(21-16)13-4-6-14(23-3)7-5-13/h4-10H,1-3H3,(H,19,20,22). The summed E-state index contributed by atoms with van der Waals surface area (Å²) in [4.78, 5) is 21.1. The first-order valence-corrected chi connectivity index (χ1v) is 8.29. The van der Waals surface area contributed by atoms with Crippen LogP contribution in [0.25, 0.3) is 10.6 Å². The average Bonchev–Trinajstić information content (AvgIpc) is 3.08. The summed E-state index contributed by atoms with van der Waals surface area (Å²) in [6.07, 6.45) is 1.74. The van der Waals surface area contributed by atoms with E-state index in [-0.39, 0.29) is 5.91 Å². The number of carbonyl (C=O) groups is 1. The molecular weight excluding hydrogens is 322 g/mol. The normalized spacial score (nSPS) is 10.5. The number of hydrogen-bond donors (Lipinski definition) is 1. The Balaban J connectivity index is 1.79. The Hall–Kier alpha value is -2.73. The van der Waals surface area contributed by atoms with Crippen LogP contribution in [-0.4, -0.2) is 23.0 Å². The number of ether oxygens (including phenoxy) is 1. The molecule has 0 aliphatic heterocycles. The Kier molecular flexibility index (Phi) is 4.57. The van der Waals surface area contributed by atoms with Crippen molar-refractivity contribution in [3.05, 3.63) is 58.9 Å². The molecule has 5 nitrogen and oxygen atoms in total. The third kappa shape index (κ3) is 3.44. The van der Waals surface area contributed by atoms with E-state index in [9.17, 15) is 4.79 Å². The number of aromatic nitrogens is 2. The molecule has 0 saturated carbocycles. The van der Waals surface area contributed by atoms with E-state index in [1.54, 1.807) is 18.7 Å². The van der Waals surface area contributed by atoms with Gasteiger partial charge in [-0.05, 0) is 49.7 Å². The van der Waals surface area contributed by atoms with Crippen molar-refractivity contribution in [1.29, 1.82) is 0 Å². The Bertz CT molecular complexity index is 872. The van der Waals surface area contributed by atoms with Gasteiger partial charge in [0.05, 0.1) is 7.11 Å². The number of thiazole rings is 1. The molecule has 24 heavy (non-hydrogen) atoms. The van der Waals surface area contributed by atoms with Crippen LogP contribution in [0.5, 0.6) is 5.75 Å². The molecule has 0 bridgehead atoms. The van der Waals surface area contributed by atoms with Crippen LogP contribution >= 0.6 is 11.3 Å². The highest BCUT2D eigenvalue weighted by molar-refractivity contribution is 7.13. The van der Waals surface area contributed by atoms with Gasteiger partial charge in [0.2, 0.25) is 0 Å². The predicted octanol–water partition coefficient (Wildman–Crippen LogP) is 4.08. The topological polar surface area (TPSA) is 64.1 Å². The summed E-state index contributed by atoms with van der Waals surface area (Å²) in [5.41, 5.74) is 3.88. The Morgan fingerprint density at radius 1 is 1.21 bits per heavy atom. The van der Waals surface area contributed by atoms with Gasteiger partial charge in [-0.25, -0.2) is 4.98 Å². The van der Waals surface area contributed by atoms with Crippen LogP contribution in [0.4, 0.5) is 5.69 Å². The van der Waals surface area contributed by atoms with Crippen molar-refractivity contribution < 1.29 is 9.53 Å². The van der Waals surface area contributed by atoms with Crippen LogP contribution in [0.3, 0.4) is 0 Å². The molecule has 3 rings (SSSR count). The second kappa shape index (κ2) is 6.80. The first-order chi connectivity index (χ1) is 11.6. The molecule has 0 aliphatic carbocycles. The van der Waals surface area contributed by atoms with Crippen LogP contribution in [0, 0.1) is 13.8 Å². The average molecular weight is 339 g/mol. The summed E-state index contributed by atoms with van der Waals surface area (Å²) in [5, 5.41) is 5.45. The summed E-state index contributed by atoms with van der Waals surface area (Å²) < 4.78 is 5.15. The number of anilines is 1. The van der Waals surface area contributed by atoms with E-state index in [2.05, 4.69) is 15.3 Å². The number of aryl methyl sites for hydroxylation is 2. The molecule has 0 fully saturated rings. The molecule has 1 aromatic carbocycles. The lowest BCUT2D eigenvalue weighted by atomic mass is 10.2. The van der Waals surface area contributed by atoms with Gasteiger partial charge in [-0.2, -0.15) is 0 Å². The van der Waals surface area contributed by atoms with Crippen molar-refractivity contribution in [3.63, 3.8) is 0 Å². The maximum absolute atomic E-state index is 12.4. The lowest BCUT2D eigenvalue weighted by Crippen LogP contribution is -2.13. The van der Waals surface area contributed by atoms with Gasteiger partial charge >= 0.3 is 0 Å². The van der Waals surface area contributed by atoms with Gasteiger partial charge in [0.15, 0.2) is 0 Å². The molecule has 0 radical (unpaired) electrons. The highest BCUT2D eigenvalue weighted by Crippen LogP contribution is 2.26. The summed E-state index contributed by atoms with van der Waals surface area (Å²) in [6.45, 7) is 3.80. The smallest absolute Gasteiger partial charge is 0.275 e. The number of rotatable bonds is 4. The number of hydrogen-bond acceptors (Lipinski definition) is 5. The summed E-state index contributed by atoms with van der Waals surface area (Å²) in [7, 11) is 1.63. The van der Waals surface area contributed by atoms with Crippen molar-refractivity contribution in [1.82, 2.24) is 9.97 Å². The number of amides is 1. The molecule has 6 heteroatoms. The largest absolute Gasteiger partial charge is 0.497 e. The number of methoxy groups -OCH3 is 1. The Labute approximate surface area is 144 Å². The van der Waals surface area contributed by atoms with Gasteiger partial charge in [-0.15, -0.1) is 11.3 Å². The first kappa shape index (κ1) is 16.1. The Morgan fingerprint density at radius 3 is 2.67 bits per heavy atom. The van der Waals surface area contributed by atoms with Gasteiger partial charge in [0.25, 0.3) is 5.91 Å². The minimum atomic E-state index is -0.222. The minimum Gasteiger partial charge on any atom is -0.497 e. The van der Waals surface area contributed by atoms with Gasteiger partial charge in [-0.1, -0.05) is 0 Å². The van der Waals surface area contributed by atoms with Crippen molar-refractivity contribution in [2.45, 2.75) is 13.8 Å². The molecule has 2 aromatic heterocycles. The van der Waals surface area contributed by atoms with Crippen molar-refractivity contribution in [3.8, 4) is 16.3 Å². The monoisotopic (exact) mass is 339 g/mol. The fraction of sp³-hybridized carbons (Fsp3) is 0.167. The zero-order valence-corrected chi connectivity index (χ0v) is 14.5. The van der Waals surface area contributed by atoms with Crippen LogP contribution in [0.1, 0.15) is 21.7 Å². The maximum atomic E-state index is 12.4. The van der Waals surface area contributed by atoms with Gasteiger partial charge in [0.1, 0.15) is 16.5 Å². The van der Waals surface area contributed by atoms with Crippen LogP contribution in [-0.2, 0) is 0 Å². The van der Waals surface area contributed by atoms with Crippen LogP contribution in [0.15, 0.2) is 41.9 Å². The SMILES string of the molecule is COc1ccc(-c2nc(C(=O)Nc3cc(C)ncc3C)cs2)cc1. The molecule has 0 unspecified atom stereocenters. The van der Waals surface area contributed by atoms with Crippen molar-refractivity contribution in [2.75, 3.05) is 12.4 Å². The van der Waals surface area contributed by atoms with Gasteiger partial charge < -0.3 is 10.1 Å². The van der Waals surface area contributed by atoms with Crippen LogP contribution in [0.2, 0.25) is 0 Å². The fourth-order valence-electron chi connectivity index (χ4n) is 2.19. The summed E-state index contributed by atoms with van der Waals surface area (Å²) in [6, 6.07) is 9.45. The predicted molar refractivity (Wildman–Crippen MR) is 95.8 cm³/mol. The first-order valence-electron chi connectivity index (χ1n) is 7.41. The maximum Gasteiger partial charge on any atom is 0.275 e. The lowest BCUT2D eigenvalue weighted by molar-refractivity contribution is 0.102. The summed E-state index contributed by atoms with van der Waals surface area (Å²) in [5.74, 6) is 0.566. The molecule has 0 atom stereocenters. The van der Waals surface area contributed by atoms with Gasteiger partial charge in [-0.3, -0.25) is 9.78 Å². The molecular formula is C18H17N3O2S. The van der Waals surface area contributed by atoms with E-state index >= 15 is 0 Å². The number of carbonyl (C=O) groups excluding carboxylic acids is 1. The number of nitrogens with one attached hydrogen (secondary N) is 1. The highest BCUT2D eigenvalue weighted by atomic mass is 32.1. The van der Waals surface area contributed by atoms with E-state index in [1.165, 1.54) is 11.3 Å². The molecule has 1 amide bonds. The van der Waals surface area contributed by atoms with Crippen molar-refractivity contribution >= 4 is 22.9 Å². The number of nitrogens with zero attached hydrogens (tertiary/aromatic N) is 2. The van der Waals surface area contributed by atoms with Crippen molar-refractivity contribution in [2.24, 2.45) is 0 Å². The molecule has 1 N–H and O–H groups in total. The minimum absolute atomic E-state index is 0.222. The van der Waals surface area contributed by atoms with E-state index in [0.29, 0.717) is 5.69 Å². The number of benzene rings is 1. The zero-order valence-electron chi connectivity index (χ0n) is 13.7.